The summed E-state index contributed by atoms with van der Waals surface area (Å²) in [5.74, 6) is -2.10. The first kappa shape index (κ1) is 26.3. The van der Waals surface area contributed by atoms with E-state index in [4.69, 9.17) is 12.2 Å². The van der Waals surface area contributed by atoms with Crippen molar-refractivity contribution in [1.29, 1.82) is 0 Å². The van der Waals surface area contributed by atoms with E-state index in [0.29, 0.717) is 61.5 Å². The van der Waals surface area contributed by atoms with Gasteiger partial charge in [0.05, 0.1) is 34.8 Å². The van der Waals surface area contributed by atoms with Gasteiger partial charge in [-0.3, -0.25) is 19.6 Å². The van der Waals surface area contributed by atoms with Crippen LogP contribution in [0, 0.1) is 0 Å². The molecule has 0 saturated heterocycles. The van der Waals surface area contributed by atoms with Gasteiger partial charge in [-0.1, -0.05) is 6.07 Å². The molecule has 184 valence electrons. The summed E-state index contributed by atoms with van der Waals surface area (Å²) in [6.07, 6.45) is 0. The van der Waals surface area contributed by atoms with E-state index in [1.807, 2.05) is 35.2 Å². The highest BCUT2D eigenvalue weighted by Crippen LogP contribution is 2.16. The maximum absolute atomic E-state index is 11.4. The summed E-state index contributed by atoms with van der Waals surface area (Å²) < 4.78 is 0. The third-order valence-electron chi connectivity index (χ3n) is 5.30. The minimum atomic E-state index is -1.17. The largest absolute Gasteiger partial charge is 0.549 e. The van der Waals surface area contributed by atoms with Gasteiger partial charge >= 0.3 is 5.97 Å². The zero-order chi connectivity index (χ0) is 25.2. The zero-order valence-corrected chi connectivity index (χ0v) is 20.6. The predicted molar refractivity (Wildman–Crippen MR) is 136 cm³/mol. The van der Waals surface area contributed by atoms with Crippen molar-refractivity contribution >= 4 is 58.0 Å². The average Bonchev–Trinajstić information content (AvgIpc) is 2.79. The number of hydrogen-bond acceptors (Lipinski definition) is 9. The number of rotatable bonds is 6. The molecule has 2 heterocycles. The minimum Gasteiger partial charge on any atom is -0.549 e. The van der Waals surface area contributed by atoms with Crippen LogP contribution < -0.4 is 10.4 Å². The van der Waals surface area contributed by atoms with Crippen LogP contribution in [0.15, 0.2) is 47.5 Å². The molecular formula is C23H25N6O4S2-. The van der Waals surface area contributed by atoms with Crippen molar-refractivity contribution < 1.29 is 19.8 Å². The molecule has 0 atom stereocenters. The SMILES string of the molecule is O=C([O-])CN1CCN(C(=S)Nc2ccc(N=C=S)cc2)CCN(CC(=O)O)Cc2cccc(n2)C1. The van der Waals surface area contributed by atoms with Gasteiger partial charge in [-0.05, 0) is 60.8 Å². The summed E-state index contributed by atoms with van der Waals surface area (Å²) in [6.45, 7) is 1.95. The molecule has 1 aliphatic rings. The Kier molecular flexibility index (Phi) is 9.76. The first-order chi connectivity index (χ1) is 16.8. The molecule has 10 nitrogen and oxygen atoms in total. The van der Waals surface area contributed by atoms with E-state index < -0.39 is 11.9 Å². The molecule has 0 radical (unpaired) electrons. The van der Waals surface area contributed by atoms with Crippen molar-refractivity contribution in [2.75, 3.05) is 44.6 Å². The van der Waals surface area contributed by atoms with Crippen LogP contribution in [0.3, 0.4) is 0 Å². The molecule has 1 aromatic heterocycles. The third-order valence-corrected chi connectivity index (χ3v) is 5.75. The van der Waals surface area contributed by atoms with Crippen molar-refractivity contribution in [1.82, 2.24) is 19.7 Å². The maximum atomic E-state index is 11.4. The highest BCUT2D eigenvalue weighted by molar-refractivity contribution is 7.80. The number of carbonyl (C=O) groups is 2. The van der Waals surface area contributed by atoms with Gasteiger partial charge in [0.25, 0.3) is 0 Å². The summed E-state index contributed by atoms with van der Waals surface area (Å²) in [5.41, 5.74) is 2.83. The van der Waals surface area contributed by atoms with E-state index in [-0.39, 0.29) is 13.1 Å². The number of carboxylic acids is 2. The second-order valence-electron chi connectivity index (χ2n) is 7.97. The first-order valence-electron chi connectivity index (χ1n) is 10.9. The summed E-state index contributed by atoms with van der Waals surface area (Å²) in [6, 6.07) is 12.7. The van der Waals surface area contributed by atoms with Gasteiger partial charge in [0.15, 0.2) is 5.11 Å². The number of fused-ring (bicyclic) bond motifs is 2. The summed E-state index contributed by atoms with van der Waals surface area (Å²) in [4.78, 5) is 36.7. The fourth-order valence-corrected chi connectivity index (χ4v) is 4.08. The maximum Gasteiger partial charge on any atom is 0.317 e. The Balaban J connectivity index is 1.81. The number of pyridine rings is 1. The molecule has 0 unspecified atom stereocenters. The summed E-state index contributed by atoms with van der Waals surface area (Å²) in [5, 5.41) is 26.7. The molecule has 0 amide bonds. The molecule has 35 heavy (non-hydrogen) atoms. The fraction of sp³-hybridized carbons (Fsp3) is 0.348. The Morgan fingerprint density at radius 2 is 1.63 bits per heavy atom. The van der Waals surface area contributed by atoms with E-state index in [1.54, 1.807) is 21.9 Å². The lowest BCUT2D eigenvalue weighted by Crippen LogP contribution is -2.47. The lowest BCUT2D eigenvalue weighted by molar-refractivity contribution is -0.306. The Hall–Kier alpha value is -3.28. The minimum absolute atomic E-state index is 0.140. The molecule has 3 rings (SSSR count). The Labute approximate surface area is 213 Å². The highest BCUT2D eigenvalue weighted by atomic mass is 32.1. The van der Waals surface area contributed by atoms with Crippen LogP contribution in [-0.4, -0.2) is 86.3 Å². The lowest BCUT2D eigenvalue weighted by atomic mass is 10.2. The van der Waals surface area contributed by atoms with Gasteiger partial charge in [0.1, 0.15) is 0 Å². The Bertz CT molecular complexity index is 1060. The Morgan fingerprint density at radius 3 is 2.17 bits per heavy atom. The monoisotopic (exact) mass is 513 g/mol. The topological polar surface area (TPSA) is 124 Å². The number of carboxylic acid groups (broad SMARTS) is 2. The van der Waals surface area contributed by atoms with Crippen LogP contribution in [0.25, 0.3) is 0 Å². The van der Waals surface area contributed by atoms with E-state index in [0.717, 1.165) is 5.69 Å². The summed E-state index contributed by atoms with van der Waals surface area (Å²) >= 11 is 10.3. The van der Waals surface area contributed by atoms with Gasteiger partial charge in [0, 0.05) is 51.5 Å². The standard InChI is InChI=1S/C23H26N6O4S2/c30-21(31)14-27-8-10-29(23(35)26-18-6-4-17(5-7-18)24-16-34)11-9-28(15-22(32)33)13-20-3-1-2-19(12-27)25-20/h1-7H,8-15H2,(H,26,35)(H,30,31)(H,32,33)/p-1. The van der Waals surface area contributed by atoms with Crippen LogP contribution in [0.1, 0.15) is 11.4 Å². The number of nitrogens with one attached hydrogen (secondary N) is 1. The highest BCUT2D eigenvalue weighted by Gasteiger charge is 2.19. The molecule has 2 aromatic rings. The van der Waals surface area contributed by atoms with E-state index >= 15 is 0 Å². The van der Waals surface area contributed by atoms with Gasteiger partial charge in [-0.2, -0.15) is 4.99 Å². The van der Waals surface area contributed by atoms with Crippen LogP contribution >= 0.6 is 24.4 Å². The van der Waals surface area contributed by atoms with E-state index in [2.05, 4.69) is 32.7 Å². The van der Waals surface area contributed by atoms with Crippen LogP contribution in [0.2, 0.25) is 0 Å². The molecule has 0 fully saturated rings. The number of thiocarbonyl (C=S) groups is 2. The zero-order valence-electron chi connectivity index (χ0n) is 18.9. The van der Waals surface area contributed by atoms with Crippen molar-refractivity contribution in [3.63, 3.8) is 0 Å². The number of nitrogens with zero attached hydrogens (tertiary/aromatic N) is 5. The number of aromatic nitrogens is 1. The van der Waals surface area contributed by atoms with Gasteiger partial charge in [0.2, 0.25) is 0 Å². The number of aliphatic imine (C=N–C) groups is 1. The molecule has 12 heteroatoms. The molecule has 0 spiro atoms. The van der Waals surface area contributed by atoms with Crippen LogP contribution in [0.5, 0.6) is 0 Å². The van der Waals surface area contributed by atoms with Gasteiger partial charge in [-0.15, -0.1) is 0 Å². The van der Waals surface area contributed by atoms with Crippen molar-refractivity contribution in [2.45, 2.75) is 13.1 Å². The molecular weight excluding hydrogens is 488 g/mol. The molecule has 0 aliphatic carbocycles. The van der Waals surface area contributed by atoms with Gasteiger partial charge in [-0.25, -0.2) is 0 Å². The van der Waals surface area contributed by atoms with Crippen LogP contribution in [-0.2, 0) is 22.7 Å². The van der Waals surface area contributed by atoms with Crippen LogP contribution in [0.4, 0.5) is 11.4 Å². The summed E-state index contributed by atoms with van der Waals surface area (Å²) in [7, 11) is 0. The number of aliphatic carboxylic acids is 2. The fourth-order valence-electron chi connectivity index (χ4n) is 3.68. The number of isothiocyanates is 1. The van der Waals surface area contributed by atoms with E-state index in [1.165, 1.54) is 0 Å². The molecule has 0 saturated carbocycles. The van der Waals surface area contributed by atoms with Crippen molar-refractivity contribution in [3.05, 3.63) is 53.9 Å². The van der Waals surface area contributed by atoms with Gasteiger partial charge < -0.3 is 25.2 Å². The predicted octanol–water partition coefficient (Wildman–Crippen LogP) is 0.967. The molecule has 2 bridgehead atoms. The second-order valence-corrected chi connectivity index (χ2v) is 8.54. The Morgan fingerprint density at radius 1 is 1.03 bits per heavy atom. The number of carbonyl (C=O) groups excluding carboxylic acids is 1. The quantitative estimate of drug-likeness (QED) is 0.424. The molecule has 1 aliphatic heterocycles. The van der Waals surface area contributed by atoms with Crippen molar-refractivity contribution in [2.24, 2.45) is 4.99 Å². The lowest BCUT2D eigenvalue weighted by Gasteiger charge is -2.32. The normalized spacial score (nSPS) is 15.3. The molecule has 2 N–H and O–H groups in total. The van der Waals surface area contributed by atoms with Crippen molar-refractivity contribution in [3.8, 4) is 0 Å². The molecule has 1 aromatic carbocycles. The first-order valence-corrected chi connectivity index (χ1v) is 11.7. The number of anilines is 1. The number of hydrogen-bond donors (Lipinski definition) is 2. The number of benzene rings is 1. The third kappa shape index (κ3) is 8.78. The van der Waals surface area contributed by atoms with E-state index in [9.17, 15) is 19.8 Å². The average molecular weight is 514 g/mol. The smallest absolute Gasteiger partial charge is 0.317 e. The second kappa shape index (κ2) is 13.0.